The number of para-hydroxylation sites is 2. The predicted octanol–water partition coefficient (Wildman–Crippen LogP) is 6.41. The predicted molar refractivity (Wildman–Crippen MR) is 145 cm³/mol. The summed E-state index contributed by atoms with van der Waals surface area (Å²) in [5, 5.41) is 9.56. The van der Waals surface area contributed by atoms with E-state index in [-0.39, 0.29) is 11.2 Å². The summed E-state index contributed by atoms with van der Waals surface area (Å²) in [4.78, 5) is 13.8. The Bertz CT molecular complexity index is 1110. The van der Waals surface area contributed by atoms with Crippen molar-refractivity contribution in [2.24, 2.45) is 0 Å². The molecule has 1 atom stereocenters. The van der Waals surface area contributed by atoms with Crippen molar-refractivity contribution in [3.63, 3.8) is 0 Å². The largest absolute Gasteiger partial charge is 0.495 e. The van der Waals surface area contributed by atoms with Gasteiger partial charge in [0.2, 0.25) is 5.91 Å². The van der Waals surface area contributed by atoms with Crippen LogP contribution >= 0.6 is 24.0 Å². The van der Waals surface area contributed by atoms with Gasteiger partial charge < -0.3 is 25.4 Å². The first-order valence-corrected chi connectivity index (χ1v) is 12.3. The van der Waals surface area contributed by atoms with Crippen LogP contribution in [0.2, 0.25) is 0 Å². The summed E-state index contributed by atoms with van der Waals surface area (Å²) in [6, 6.07) is 22.8. The van der Waals surface area contributed by atoms with Gasteiger partial charge in [-0.25, -0.2) is 0 Å². The van der Waals surface area contributed by atoms with E-state index < -0.39 is 0 Å². The highest BCUT2D eigenvalue weighted by molar-refractivity contribution is 8.00. The van der Waals surface area contributed by atoms with E-state index in [1.165, 1.54) is 11.8 Å². The highest BCUT2D eigenvalue weighted by Crippen LogP contribution is 2.29. The molecular formula is C26H29N3O3S2. The van der Waals surface area contributed by atoms with Gasteiger partial charge in [0.25, 0.3) is 0 Å². The second-order valence-electron chi connectivity index (χ2n) is 7.27. The molecule has 0 saturated carbocycles. The van der Waals surface area contributed by atoms with Crippen molar-refractivity contribution in [1.29, 1.82) is 0 Å². The molecule has 0 aliphatic carbocycles. The van der Waals surface area contributed by atoms with Crippen LogP contribution in [-0.4, -0.2) is 30.0 Å². The van der Waals surface area contributed by atoms with E-state index in [1.807, 2.05) is 86.6 Å². The smallest absolute Gasteiger partial charge is 0.237 e. The maximum atomic E-state index is 12.9. The van der Waals surface area contributed by atoms with Crippen LogP contribution in [0.15, 0.2) is 77.7 Å². The molecular weight excluding hydrogens is 466 g/mol. The molecule has 0 spiro atoms. The minimum Gasteiger partial charge on any atom is -0.495 e. The summed E-state index contributed by atoms with van der Waals surface area (Å²) < 4.78 is 10.8. The SMILES string of the molecule is CCOc1ccc(NC(=O)C(CC)Sc2cccc(NC(=S)Nc3ccccc3OC)c2)cc1. The van der Waals surface area contributed by atoms with Crippen LogP contribution in [0.25, 0.3) is 0 Å². The lowest BCUT2D eigenvalue weighted by atomic mass is 10.2. The van der Waals surface area contributed by atoms with Gasteiger partial charge in [-0.2, -0.15) is 0 Å². The molecule has 178 valence electrons. The summed E-state index contributed by atoms with van der Waals surface area (Å²) in [6.07, 6.45) is 0.693. The lowest BCUT2D eigenvalue weighted by Gasteiger charge is -2.16. The molecule has 0 aliphatic heterocycles. The van der Waals surface area contributed by atoms with E-state index in [0.29, 0.717) is 23.9 Å². The molecule has 3 aromatic carbocycles. The Balaban J connectivity index is 1.60. The molecule has 0 saturated heterocycles. The highest BCUT2D eigenvalue weighted by atomic mass is 32.2. The third-order valence-electron chi connectivity index (χ3n) is 4.82. The third-order valence-corrected chi connectivity index (χ3v) is 6.38. The van der Waals surface area contributed by atoms with Crippen molar-refractivity contribution < 1.29 is 14.3 Å². The topological polar surface area (TPSA) is 71.6 Å². The lowest BCUT2D eigenvalue weighted by Crippen LogP contribution is -2.24. The zero-order valence-electron chi connectivity index (χ0n) is 19.5. The quantitative estimate of drug-likeness (QED) is 0.222. The van der Waals surface area contributed by atoms with E-state index in [4.69, 9.17) is 21.7 Å². The van der Waals surface area contributed by atoms with Crippen molar-refractivity contribution >= 4 is 52.1 Å². The Hall–Kier alpha value is -3.23. The van der Waals surface area contributed by atoms with Gasteiger partial charge in [0.15, 0.2) is 5.11 Å². The molecule has 0 radical (unpaired) electrons. The van der Waals surface area contributed by atoms with Gasteiger partial charge in [-0.05, 0) is 80.2 Å². The minimum atomic E-state index is -0.236. The van der Waals surface area contributed by atoms with Crippen molar-refractivity contribution in [3.8, 4) is 11.5 Å². The molecule has 0 fully saturated rings. The number of ether oxygens (including phenoxy) is 2. The lowest BCUT2D eigenvalue weighted by molar-refractivity contribution is -0.115. The molecule has 1 amide bonds. The first-order chi connectivity index (χ1) is 16.5. The molecule has 0 bridgehead atoms. The Morgan fingerprint density at radius 1 is 0.941 bits per heavy atom. The van der Waals surface area contributed by atoms with E-state index in [0.717, 1.165) is 27.7 Å². The van der Waals surface area contributed by atoms with Gasteiger partial charge in [0, 0.05) is 16.3 Å². The maximum Gasteiger partial charge on any atom is 0.237 e. The van der Waals surface area contributed by atoms with E-state index in [9.17, 15) is 4.79 Å². The van der Waals surface area contributed by atoms with Crippen LogP contribution in [0.3, 0.4) is 0 Å². The van der Waals surface area contributed by atoms with Gasteiger partial charge in [0.1, 0.15) is 11.5 Å². The van der Waals surface area contributed by atoms with Crippen LogP contribution in [0.4, 0.5) is 17.1 Å². The fourth-order valence-corrected chi connectivity index (χ4v) is 4.43. The summed E-state index contributed by atoms with van der Waals surface area (Å²) >= 11 is 6.98. The van der Waals surface area contributed by atoms with Gasteiger partial charge in [-0.1, -0.05) is 25.1 Å². The Morgan fingerprint density at radius 3 is 2.41 bits per heavy atom. The fraction of sp³-hybridized carbons (Fsp3) is 0.231. The van der Waals surface area contributed by atoms with Gasteiger partial charge in [0.05, 0.1) is 24.7 Å². The number of benzene rings is 3. The standard InChI is InChI=1S/C26H29N3O3S2/c1-4-24(25(30)27-18-13-15-20(16-14-18)32-5-2)34-21-10-8-9-19(17-21)28-26(33)29-22-11-6-7-12-23(22)31-3/h6-17,24H,4-5H2,1-3H3,(H,27,30)(H2,28,29,33). The number of methoxy groups -OCH3 is 1. The monoisotopic (exact) mass is 495 g/mol. The molecule has 3 N–H and O–H groups in total. The number of thiocarbonyl (C=S) groups is 1. The summed E-state index contributed by atoms with van der Waals surface area (Å²) in [6.45, 7) is 4.55. The third kappa shape index (κ3) is 7.40. The summed E-state index contributed by atoms with van der Waals surface area (Å²) in [5.74, 6) is 1.45. The average Bonchev–Trinajstić information content (AvgIpc) is 2.84. The zero-order chi connectivity index (χ0) is 24.3. The molecule has 3 aromatic rings. The number of carbonyl (C=O) groups excluding carboxylic acids is 1. The molecule has 0 aromatic heterocycles. The highest BCUT2D eigenvalue weighted by Gasteiger charge is 2.18. The first kappa shape index (κ1) is 25.4. The van der Waals surface area contributed by atoms with Crippen LogP contribution in [0.5, 0.6) is 11.5 Å². The summed E-state index contributed by atoms with van der Waals surface area (Å²) in [5.41, 5.74) is 2.36. The van der Waals surface area contributed by atoms with Crippen LogP contribution in [0, 0.1) is 0 Å². The molecule has 34 heavy (non-hydrogen) atoms. The van der Waals surface area contributed by atoms with E-state index in [2.05, 4.69) is 16.0 Å². The Morgan fingerprint density at radius 2 is 1.71 bits per heavy atom. The van der Waals surface area contributed by atoms with Crippen LogP contribution < -0.4 is 25.4 Å². The van der Waals surface area contributed by atoms with Gasteiger partial charge in [-0.3, -0.25) is 4.79 Å². The van der Waals surface area contributed by atoms with Crippen LogP contribution in [-0.2, 0) is 4.79 Å². The van der Waals surface area contributed by atoms with E-state index >= 15 is 0 Å². The minimum absolute atomic E-state index is 0.0385. The normalized spacial score (nSPS) is 11.3. The Labute approximate surface area is 210 Å². The van der Waals surface area contributed by atoms with Crippen LogP contribution in [0.1, 0.15) is 20.3 Å². The van der Waals surface area contributed by atoms with Gasteiger partial charge in [-0.15, -0.1) is 11.8 Å². The fourth-order valence-electron chi connectivity index (χ4n) is 3.19. The molecule has 0 aliphatic rings. The van der Waals surface area contributed by atoms with Crippen molar-refractivity contribution in [2.45, 2.75) is 30.4 Å². The number of nitrogens with one attached hydrogen (secondary N) is 3. The molecule has 3 rings (SSSR count). The molecule has 0 heterocycles. The second-order valence-corrected chi connectivity index (χ2v) is 8.95. The average molecular weight is 496 g/mol. The number of amides is 1. The second kappa shape index (κ2) is 12.9. The number of hydrogen-bond donors (Lipinski definition) is 3. The maximum absolute atomic E-state index is 12.9. The number of anilines is 3. The first-order valence-electron chi connectivity index (χ1n) is 11.0. The van der Waals surface area contributed by atoms with Crippen molar-refractivity contribution in [2.75, 3.05) is 29.7 Å². The molecule has 6 nitrogen and oxygen atoms in total. The molecule has 1 unspecified atom stereocenters. The number of carbonyl (C=O) groups is 1. The molecule has 8 heteroatoms. The number of thioether (sulfide) groups is 1. The Kier molecular flexibility index (Phi) is 9.61. The van der Waals surface area contributed by atoms with Gasteiger partial charge >= 0.3 is 0 Å². The zero-order valence-corrected chi connectivity index (χ0v) is 21.1. The van der Waals surface area contributed by atoms with E-state index in [1.54, 1.807) is 7.11 Å². The van der Waals surface area contributed by atoms with Crippen molar-refractivity contribution in [3.05, 3.63) is 72.8 Å². The number of hydrogen-bond acceptors (Lipinski definition) is 5. The summed E-state index contributed by atoms with van der Waals surface area (Å²) in [7, 11) is 1.62. The van der Waals surface area contributed by atoms with Crippen molar-refractivity contribution in [1.82, 2.24) is 0 Å². The number of rotatable bonds is 10.